The van der Waals surface area contributed by atoms with Crippen LogP contribution in [0.15, 0.2) is 89.5 Å². The summed E-state index contributed by atoms with van der Waals surface area (Å²) in [5.74, 6) is 0.371. The molecule has 1 saturated heterocycles. The van der Waals surface area contributed by atoms with Gasteiger partial charge in [0.05, 0.1) is 23.7 Å². The second kappa shape index (κ2) is 8.03. The second-order valence-corrected chi connectivity index (χ2v) is 7.59. The quantitative estimate of drug-likeness (QED) is 0.470. The maximum Gasteiger partial charge on any atom is 0.289 e. The molecule has 0 unspecified atom stereocenters. The fourth-order valence-corrected chi connectivity index (χ4v) is 4.12. The largest absolute Gasteiger partial charge is 0.459 e. The molecule has 5 rings (SSSR count). The van der Waals surface area contributed by atoms with Crippen LogP contribution in [0.25, 0.3) is 22.5 Å². The summed E-state index contributed by atoms with van der Waals surface area (Å²) in [6.07, 6.45) is 3.27. The van der Waals surface area contributed by atoms with E-state index in [-0.39, 0.29) is 11.9 Å². The van der Waals surface area contributed by atoms with Crippen LogP contribution in [0.1, 0.15) is 29.4 Å². The van der Waals surface area contributed by atoms with Gasteiger partial charge in [0.25, 0.3) is 5.91 Å². The molecule has 5 heteroatoms. The third kappa shape index (κ3) is 3.54. The second-order valence-electron chi connectivity index (χ2n) is 7.59. The molecule has 2 aromatic carbocycles. The molecule has 0 saturated carbocycles. The van der Waals surface area contributed by atoms with Crippen LogP contribution in [-0.4, -0.2) is 33.7 Å². The minimum Gasteiger partial charge on any atom is -0.459 e. The number of carbonyl (C=O) groups is 1. The first-order valence-electron chi connectivity index (χ1n) is 10.3. The lowest BCUT2D eigenvalue weighted by molar-refractivity contribution is 0.0659. The summed E-state index contributed by atoms with van der Waals surface area (Å²) in [5.41, 5.74) is 4.36. The molecule has 0 spiro atoms. The Hall–Kier alpha value is -3.60. The van der Waals surface area contributed by atoms with E-state index in [4.69, 9.17) is 9.52 Å². The molecule has 2 aromatic heterocycles. The van der Waals surface area contributed by atoms with E-state index in [1.807, 2.05) is 29.2 Å². The Labute approximate surface area is 175 Å². The molecule has 150 valence electrons. The van der Waals surface area contributed by atoms with Crippen LogP contribution in [0.2, 0.25) is 0 Å². The SMILES string of the molecule is O=C(c1ccco1)N1CCC(n2nc(-c3ccccc3)cc2-c2ccccc2)CC1. The topological polar surface area (TPSA) is 51.3 Å². The fourth-order valence-electron chi connectivity index (χ4n) is 4.12. The monoisotopic (exact) mass is 397 g/mol. The predicted octanol–water partition coefficient (Wildman–Crippen LogP) is 5.29. The van der Waals surface area contributed by atoms with E-state index in [1.165, 1.54) is 0 Å². The summed E-state index contributed by atoms with van der Waals surface area (Å²) in [4.78, 5) is 14.5. The third-order valence-electron chi connectivity index (χ3n) is 5.70. The van der Waals surface area contributed by atoms with Gasteiger partial charge in [-0.15, -0.1) is 0 Å². The van der Waals surface area contributed by atoms with Crippen molar-refractivity contribution in [2.45, 2.75) is 18.9 Å². The number of carbonyl (C=O) groups excluding carboxylic acids is 1. The summed E-state index contributed by atoms with van der Waals surface area (Å²) in [7, 11) is 0. The highest BCUT2D eigenvalue weighted by atomic mass is 16.3. The Morgan fingerprint density at radius 1 is 0.867 bits per heavy atom. The lowest BCUT2D eigenvalue weighted by Crippen LogP contribution is -2.39. The normalized spacial score (nSPS) is 14.7. The number of furan rings is 1. The number of piperidine rings is 1. The van der Waals surface area contributed by atoms with Crippen molar-refractivity contribution in [3.05, 3.63) is 90.9 Å². The highest BCUT2D eigenvalue weighted by Crippen LogP contribution is 2.32. The molecule has 1 aliphatic rings. The third-order valence-corrected chi connectivity index (χ3v) is 5.70. The molecule has 0 N–H and O–H groups in total. The van der Waals surface area contributed by atoms with Crippen molar-refractivity contribution >= 4 is 5.91 Å². The van der Waals surface area contributed by atoms with Crippen molar-refractivity contribution in [2.75, 3.05) is 13.1 Å². The molecule has 0 radical (unpaired) electrons. The molecule has 3 heterocycles. The highest BCUT2D eigenvalue weighted by Gasteiger charge is 2.28. The minimum atomic E-state index is -0.0350. The Balaban J connectivity index is 1.42. The van der Waals surface area contributed by atoms with Gasteiger partial charge in [-0.2, -0.15) is 5.10 Å². The average molecular weight is 397 g/mol. The molecule has 0 aliphatic carbocycles. The zero-order chi connectivity index (χ0) is 20.3. The lowest BCUT2D eigenvalue weighted by Gasteiger charge is -2.32. The number of nitrogens with zero attached hydrogens (tertiary/aromatic N) is 3. The van der Waals surface area contributed by atoms with E-state index in [2.05, 4.69) is 47.1 Å². The Bertz CT molecular complexity index is 1110. The first kappa shape index (κ1) is 18.4. The first-order valence-corrected chi connectivity index (χ1v) is 10.3. The standard InChI is InChI=1S/C25H23N3O2/c29-25(24-12-7-17-30-24)27-15-13-21(14-16-27)28-23(20-10-5-2-6-11-20)18-22(26-28)19-8-3-1-4-9-19/h1-12,17-18,21H,13-16H2. The van der Waals surface area contributed by atoms with Crippen LogP contribution in [0, 0.1) is 0 Å². The predicted molar refractivity (Wildman–Crippen MR) is 116 cm³/mol. The van der Waals surface area contributed by atoms with Crippen LogP contribution in [0.5, 0.6) is 0 Å². The van der Waals surface area contributed by atoms with Gasteiger partial charge in [-0.3, -0.25) is 9.48 Å². The van der Waals surface area contributed by atoms with Gasteiger partial charge < -0.3 is 9.32 Å². The summed E-state index contributed by atoms with van der Waals surface area (Å²) >= 11 is 0. The molecular weight excluding hydrogens is 374 g/mol. The molecule has 4 aromatic rings. The minimum absolute atomic E-state index is 0.0350. The van der Waals surface area contributed by atoms with E-state index < -0.39 is 0 Å². The van der Waals surface area contributed by atoms with Gasteiger partial charge in [-0.25, -0.2) is 0 Å². The Kier molecular flexibility index (Phi) is 4.93. The Morgan fingerprint density at radius 3 is 2.17 bits per heavy atom. The van der Waals surface area contributed by atoms with E-state index in [1.54, 1.807) is 18.4 Å². The zero-order valence-corrected chi connectivity index (χ0v) is 16.6. The van der Waals surface area contributed by atoms with Crippen molar-refractivity contribution in [3.63, 3.8) is 0 Å². The number of amides is 1. The van der Waals surface area contributed by atoms with Gasteiger partial charge in [-0.05, 0) is 36.6 Å². The average Bonchev–Trinajstić information content (AvgIpc) is 3.51. The molecule has 0 atom stereocenters. The molecule has 5 nitrogen and oxygen atoms in total. The number of hydrogen-bond donors (Lipinski definition) is 0. The Morgan fingerprint density at radius 2 is 1.53 bits per heavy atom. The molecule has 30 heavy (non-hydrogen) atoms. The van der Waals surface area contributed by atoms with Crippen molar-refractivity contribution < 1.29 is 9.21 Å². The van der Waals surface area contributed by atoms with Crippen molar-refractivity contribution in [2.24, 2.45) is 0 Å². The van der Waals surface area contributed by atoms with Crippen LogP contribution in [-0.2, 0) is 0 Å². The summed E-state index contributed by atoms with van der Waals surface area (Å²) < 4.78 is 7.44. The fraction of sp³-hybridized carbons (Fsp3) is 0.200. The summed E-state index contributed by atoms with van der Waals surface area (Å²) in [5, 5.41) is 4.99. The molecular formula is C25H23N3O2. The van der Waals surface area contributed by atoms with Crippen LogP contribution < -0.4 is 0 Å². The van der Waals surface area contributed by atoms with Gasteiger partial charge in [-0.1, -0.05) is 60.7 Å². The van der Waals surface area contributed by atoms with Gasteiger partial charge >= 0.3 is 0 Å². The van der Waals surface area contributed by atoms with Crippen LogP contribution >= 0.6 is 0 Å². The maximum atomic E-state index is 12.6. The summed E-state index contributed by atoms with van der Waals surface area (Å²) in [6.45, 7) is 1.39. The summed E-state index contributed by atoms with van der Waals surface area (Å²) in [6, 6.07) is 26.6. The first-order chi connectivity index (χ1) is 14.8. The highest BCUT2D eigenvalue weighted by molar-refractivity contribution is 5.91. The maximum absolute atomic E-state index is 12.6. The molecule has 1 aliphatic heterocycles. The van der Waals surface area contributed by atoms with Gasteiger partial charge in [0, 0.05) is 18.7 Å². The molecule has 1 fully saturated rings. The smallest absolute Gasteiger partial charge is 0.289 e. The molecule has 1 amide bonds. The van der Waals surface area contributed by atoms with Crippen molar-refractivity contribution in [3.8, 4) is 22.5 Å². The number of hydrogen-bond acceptors (Lipinski definition) is 3. The van der Waals surface area contributed by atoms with Crippen molar-refractivity contribution in [1.82, 2.24) is 14.7 Å². The number of likely N-dealkylation sites (tertiary alicyclic amines) is 1. The number of rotatable bonds is 4. The van der Waals surface area contributed by atoms with Gasteiger partial charge in [0.15, 0.2) is 5.76 Å². The van der Waals surface area contributed by atoms with Gasteiger partial charge in [0.1, 0.15) is 0 Å². The molecule has 0 bridgehead atoms. The van der Waals surface area contributed by atoms with E-state index in [9.17, 15) is 4.79 Å². The van der Waals surface area contributed by atoms with E-state index in [0.717, 1.165) is 35.4 Å². The van der Waals surface area contributed by atoms with Crippen LogP contribution in [0.3, 0.4) is 0 Å². The van der Waals surface area contributed by atoms with Gasteiger partial charge in [0.2, 0.25) is 0 Å². The van der Waals surface area contributed by atoms with E-state index >= 15 is 0 Å². The zero-order valence-electron chi connectivity index (χ0n) is 16.6. The number of benzene rings is 2. The van der Waals surface area contributed by atoms with E-state index in [0.29, 0.717) is 18.8 Å². The van der Waals surface area contributed by atoms with Crippen molar-refractivity contribution in [1.29, 1.82) is 0 Å². The number of aromatic nitrogens is 2. The van der Waals surface area contributed by atoms with Crippen LogP contribution in [0.4, 0.5) is 0 Å². The lowest BCUT2D eigenvalue weighted by atomic mass is 10.0.